The van der Waals surface area contributed by atoms with Gasteiger partial charge in [-0.3, -0.25) is 10.1 Å². The van der Waals surface area contributed by atoms with E-state index in [2.05, 4.69) is 13.8 Å². The number of rotatable bonds is 21. The highest BCUT2D eigenvalue weighted by Gasteiger charge is 2.21. The number of nitrogens with two attached hydrogens (primary N) is 1. The molecule has 0 aliphatic heterocycles. The Morgan fingerprint density at radius 2 is 1.26 bits per heavy atom. The van der Waals surface area contributed by atoms with Crippen molar-refractivity contribution in [2.24, 2.45) is 0 Å². The topological polar surface area (TPSA) is 114 Å². The Morgan fingerprint density at radius 1 is 0.720 bits per heavy atom. The second-order valence-corrected chi connectivity index (χ2v) is 12.9. The van der Waals surface area contributed by atoms with E-state index in [0.29, 0.717) is 28.1 Å². The number of carbonyl (C=O) groups excluding carboxylic acids is 1. The molecule has 0 heterocycles. The molecule has 0 aliphatic carbocycles. The van der Waals surface area contributed by atoms with Crippen LogP contribution in [0.5, 0.6) is 17.2 Å². The molecule has 4 rings (SSSR count). The van der Waals surface area contributed by atoms with Gasteiger partial charge in [-0.25, -0.2) is 4.79 Å². The summed E-state index contributed by atoms with van der Waals surface area (Å²) in [6.45, 7) is 7.04. The molecule has 2 N–H and O–H groups in total. The van der Waals surface area contributed by atoms with E-state index in [1.807, 2.05) is 43.3 Å². The lowest BCUT2D eigenvalue weighted by atomic mass is 10.0. The third-order valence-corrected chi connectivity index (χ3v) is 8.82. The number of esters is 1. The fraction of sp³-hybridized carbons (Fsp3) is 0.405. The van der Waals surface area contributed by atoms with E-state index in [1.165, 1.54) is 50.7 Å². The van der Waals surface area contributed by atoms with Crippen molar-refractivity contribution in [3.05, 3.63) is 101 Å². The molecule has 4 aromatic rings. The number of nitro groups is 1. The zero-order valence-electron chi connectivity index (χ0n) is 29.8. The summed E-state index contributed by atoms with van der Waals surface area (Å²) >= 11 is 0. The Morgan fingerprint density at radius 3 is 1.86 bits per heavy atom. The highest BCUT2D eigenvalue weighted by molar-refractivity contribution is 5.92. The zero-order chi connectivity index (χ0) is 35.7. The average molecular weight is 681 g/mol. The molecular formula is C42H52N2O6. The van der Waals surface area contributed by atoms with Crippen molar-refractivity contribution in [3.8, 4) is 39.5 Å². The average Bonchev–Trinajstić information content (AvgIpc) is 3.12. The summed E-state index contributed by atoms with van der Waals surface area (Å²) in [6, 6.07) is 25.0. The minimum atomic E-state index is -0.512. The number of nitrogens with zero attached hydrogens (tertiary/aromatic N) is 1. The van der Waals surface area contributed by atoms with Crippen LogP contribution in [-0.4, -0.2) is 23.6 Å². The minimum Gasteiger partial charge on any atom is -0.494 e. The van der Waals surface area contributed by atoms with Gasteiger partial charge in [0.25, 0.3) is 0 Å². The van der Waals surface area contributed by atoms with E-state index in [-0.39, 0.29) is 17.5 Å². The highest BCUT2D eigenvalue weighted by atomic mass is 16.6. The summed E-state index contributed by atoms with van der Waals surface area (Å²) in [5, 5.41) is 11.9. The van der Waals surface area contributed by atoms with Crippen molar-refractivity contribution in [3.63, 3.8) is 0 Å². The molecule has 1 atom stereocenters. The Bertz CT molecular complexity index is 1640. The van der Waals surface area contributed by atoms with E-state index in [0.717, 1.165) is 62.0 Å². The van der Waals surface area contributed by atoms with Gasteiger partial charge in [0, 0.05) is 23.4 Å². The molecular weight excluding hydrogens is 628 g/mol. The summed E-state index contributed by atoms with van der Waals surface area (Å²) in [6.07, 6.45) is 13.8. The van der Waals surface area contributed by atoms with Gasteiger partial charge in [-0.15, -0.1) is 0 Å². The number of ether oxygens (including phenoxy) is 3. The van der Waals surface area contributed by atoms with Gasteiger partial charge in [-0.05, 0) is 79.3 Å². The van der Waals surface area contributed by atoms with E-state index in [9.17, 15) is 14.9 Å². The first-order chi connectivity index (χ1) is 24.3. The molecule has 0 aromatic heterocycles. The predicted octanol–water partition coefficient (Wildman–Crippen LogP) is 11.6. The van der Waals surface area contributed by atoms with Crippen molar-refractivity contribution < 1.29 is 23.9 Å². The van der Waals surface area contributed by atoms with Crippen molar-refractivity contribution in [1.29, 1.82) is 0 Å². The van der Waals surface area contributed by atoms with Crippen LogP contribution in [0, 0.1) is 10.1 Å². The standard InChI is InChI=1S/C42H52N2O6/c1-4-6-8-10-11-12-14-28-48-36-24-20-32(21-25-36)33-22-26-37(27-23-33)50-42(45)35-18-16-34(17-19-35)38-29-40(44(46)47)41(30-39(38)43)49-31(3)15-13-9-7-5-2/h16-27,29-31H,4-15,28,43H2,1-3H3. The van der Waals surface area contributed by atoms with Crippen LogP contribution in [-0.2, 0) is 0 Å². The molecule has 8 nitrogen and oxygen atoms in total. The van der Waals surface area contributed by atoms with Crippen molar-refractivity contribution >= 4 is 17.3 Å². The van der Waals surface area contributed by atoms with Gasteiger partial charge in [-0.1, -0.05) is 108 Å². The predicted molar refractivity (Wildman–Crippen MR) is 202 cm³/mol. The third kappa shape index (κ3) is 11.6. The number of benzene rings is 4. The van der Waals surface area contributed by atoms with Crippen molar-refractivity contribution in [1.82, 2.24) is 0 Å². The quantitative estimate of drug-likeness (QED) is 0.0232. The maximum atomic E-state index is 12.9. The summed E-state index contributed by atoms with van der Waals surface area (Å²) in [5.41, 5.74) is 10.1. The molecule has 266 valence electrons. The van der Waals surface area contributed by atoms with Crippen LogP contribution in [0.1, 0.15) is 108 Å². The summed E-state index contributed by atoms with van der Waals surface area (Å²) in [7, 11) is 0. The Kier molecular flexibility index (Phi) is 15.2. The molecule has 0 spiro atoms. The fourth-order valence-electron chi connectivity index (χ4n) is 5.87. The van der Waals surface area contributed by atoms with Gasteiger partial charge in [-0.2, -0.15) is 0 Å². The Balaban J connectivity index is 1.31. The maximum Gasteiger partial charge on any atom is 0.343 e. The Hall–Kier alpha value is -4.85. The summed E-state index contributed by atoms with van der Waals surface area (Å²) in [5.74, 6) is 0.932. The lowest BCUT2D eigenvalue weighted by molar-refractivity contribution is -0.386. The van der Waals surface area contributed by atoms with Crippen LogP contribution in [0.3, 0.4) is 0 Å². The van der Waals surface area contributed by atoms with E-state index < -0.39 is 10.9 Å². The normalized spacial score (nSPS) is 11.6. The monoisotopic (exact) mass is 680 g/mol. The number of unbranched alkanes of at least 4 members (excludes halogenated alkanes) is 9. The lowest BCUT2D eigenvalue weighted by Crippen LogP contribution is -2.13. The van der Waals surface area contributed by atoms with Crippen LogP contribution in [0.2, 0.25) is 0 Å². The van der Waals surface area contributed by atoms with Crippen molar-refractivity contribution in [2.75, 3.05) is 12.3 Å². The second kappa shape index (κ2) is 20.0. The molecule has 0 saturated carbocycles. The molecule has 0 fully saturated rings. The number of hydrogen-bond donors (Lipinski definition) is 1. The summed E-state index contributed by atoms with van der Waals surface area (Å²) in [4.78, 5) is 24.4. The van der Waals surface area contributed by atoms with Gasteiger partial charge < -0.3 is 19.9 Å². The largest absolute Gasteiger partial charge is 0.494 e. The van der Waals surface area contributed by atoms with Crippen LogP contribution >= 0.6 is 0 Å². The summed E-state index contributed by atoms with van der Waals surface area (Å²) < 4.78 is 17.5. The van der Waals surface area contributed by atoms with E-state index in [4.69, 9.17) is 19.9 Å². The number of nitro benzene ring substituents is 1. The molecule has 8 heteroatoms. The maximum absolute atomic E-state index is 12.9. The van der Waals surface area contributed by atoms with Gasteiger partial charge in [0.2, 0.25) is 0 Å². The lowest BCUT2D eigenvalue weighted by Gasteiger charge is -2.16. The van der Waals surface area contributed by atoms with Crippen LogP contribution in [0.4, 0.5) is 11.4 Å². The Labute approximate surface area is 297 Å². The minimum absolute atomic E-state index is 0.148. The van der Waals surface area contributed by atoms with Gasteiger partial charge in [0.15, 0.2) is 5.75 Å². The first kappa shape index (κ1) is 38.0. The zero-order valence-corrected chi connectivity index (χ0v) is 29.8. The van der Waals surface area contributed by atoms with E-state index >= 15 is 0 Å². The number of carbonyl (C=O) groups is 1. The number of hydrogen-bond acceptors (Lipinski definition) is 7. The molecule has 0 aliphatic rings. The van der Waals surface area contributed by atoms with Crippen molar-refractivity contribution in [2.45, 2.75) is 104 Å². The SMILES string of the molecule is CCCCCCCCCOc1ccc(-c2ccc(OC(=O)c3ccc(-c4cc([N+](=O)[O-])c(OC(C)CCCCCC)cc4N)cc3)cc2)cc1. The van der Waals surface area contributed by atoms with Crippen LogP contribution < -0.4 is 19.9 Å². The first-order valence-electron chi connectivity index (χ1n) is 18.2. The second-order valence-electron chi connectivity index (χ2n) is 12.9. The van der Waals surface area contributed by atoms with Gasteiger partial charge in [0.05, 0.1) is 23.2 Å². The van der Waals surface area contributed by atoms with Gasteiger partial charge in [0.1, 0.15) is 11.5 Å². The van der Waals surface area contributed by atoms with Crippen LogP contribution in [0.15, 0.2) is 84.9 Å². The highest BCUT2D eigenvalue weighted by Crippen LogP contribution is 2.38. The fourth-order valence-corrected chi connectivity index (χ4v) is 5.87. The molecule has 1 unspecified atom stereocenters. The first-order valence-corrected chi connectivity index (χ1v) is 18.2. The van der Waals surface area contributed by atoms with Crippen LogP contribution in [0.25, 0.3) is 22.3 Å². The molecule has 0 radical (unpaired) electrons. The smallest absolute Gasteiger partial charge is 0.343 e. The molecule has 50 heavy (non-hydrogen) atoms. The number of anilines is 1. The van der Waals surface area contributed by atoms with E-state index in [1.54, 1.807) is 36.4 Å². The molecule has 0 saturated heterocycles. The molecule has 0 bridgehead atoms. The third-order valence-electron chi connectivity index (χ3n) is 8.82. The molecule has 4 aromatic carbocycles. The molecule has 0 amide bonds. The van der Waals surface area contributed by atoms with Gasteiger partial charge >= 0.3 is 11.7 Å². The number of nitrogen functional groups attached to an aromatic ring is 1.